The molecule has 0 saturated carbocycles. The maximum atomic E-state index is 3.33. The molecule has 0 aliphatic heterocycles. The van der Waals surface area contributed by atoms with E-state index in [9.17, 15) is 0 Å². The summed E-state index contributed by atoms with van der Waals surface area (Å²) < 4.78 is 0. The maximum Gasteiger partial charge on any atom is -0.0125 e. The zero-order chi connectivity index (χ0) is 16.7. The van der Waals surface area contributed by atoms with E-state index in [0.717, 1.165) is 5.92 Å². The molecule has 2 unspecified atom stereocenters. The molecule has 2 heteroatoms. The van der Waals surface area contributed by atoms with Crippen LogP contribution in [0.15, 0.2) is 0 Å². The van der Waals surface area contributed by atoms with Crippen LogP contribution in [0.3, 0.4) is 0 Å². The highest BCUT2D eigenvalue weighted by Gasteiger charge is 2.29. The molecule has 0 aliphatic carbocycles. The van der Waals surface area contributed by atoms with Gasteiger partial charge in [-0.1, -0.05) is 105 Å². The second-order valence-corrected chi connectivity index (χ2v) is 8.75. The van der Waals surface area contributed by atoms with Crippen molar-refractivity contribution in [1.82, 2.24) is 0 Å². The second kappa shape index (κ2) is 17.5. The lowest BCUT2D eigenvalue weighted by Crippen LogP contribution is -2.29. The van der Waals surface area contributed by atoms with E-state index in [1.807, 2.05) is 0 Å². The van der Waals surface area contributed by atoms with Gasteiger partial charge in [0.05, 0.1) is 0 Å². The van der Waals surface area contributed by atoms with E-state index >= 15 is 0 Å². The lowest BCUT2D eigenvalue weighted by Gasteiger charge is -2.36. The van der Waals surface area contributed by atoms with Crippen molar-refractivity contribution in [2.24, 2.45) is 5.92 Å². The van der Waals surface area contributed by atoms with Crippen molar-refractivity contribution in [3.63, 3.8) is 0 Å². The Hall–Kier alpha value is 0.720. The van der Waals surface area contributed by atoms with E-state index in [1.54, 1.807) is 0 Å². The van der Waals surface area contributed by atoms with Crippen LogP contribution in [-0.4, -0.2) is 5.16 Å². The van der Waals surface area contributed by atoms with Crippen molar-refractivity contribution in [2.75, 3.05) is 0 Å². The second-order valence-electron chi connectivity index (χ2n) is 7.60. The van der Waals surface area contributed by atoms with E-state index in [-0.39, 0.29) is 12.4 Å². The number of hydrogen-bond donors (Lipinski definition) is 0. The first-order valence-electron chi connectivity index (χ1n) is 10.4. The molecule has 0 aromatic rings. The summed E-state index contributed by atoms with van der Waals surface area (Å²) in [5, 5.41) is 0.522. The van der Waals surface area contributed by atoms with Gasteiger partial charge in [-0.25, -0.2) is 0 Å². The highest BCUT2D eigenvalue weighted by atomic mass is 35.5. The Kier molecular flexibility index (Phi) is 19.8. The molecule has 0 amide bonds. The minimum absolute atomic E-state index is 0. The normalized spacial score (nSPS) is 12.9. The number of rotatable bonds is 16. The average Bonchev–Trinajstić information content (AvgIpc) is 2.52. The lowest BCUT2D eigenvalue weighted by atomic mass is 9.80. The summed E-state index contributed by atoms with van der Waals surface area (Å²) in [5.41, 5.74) is 0. The fourth-order valence-corrected chi connectivity index (χ4v) is 4.12. The quantitative estimate of drug-likeness (QED) is 0.190. The van der Waals surface area contributed by atoms with Crippen LogP contribution >= 0.6 is 21.6 Å². The van der Waals surface area contributed by atoms with Gasteiger partial charge in [0.15, 0.2) is 0 Å². The fraction of sp³-hybridized carbons (Fsp3) is 1.00. The van der Waals surface area contributed by atoms with Crippen LogP contribution in [0.25, 0.3) is 0 Å². The zero-order valence-electron chi connectivity index (χ0n) is 16.7. The van der Waals surface area contributed by atoms with Gasteiger partial charge in [-0.2, -0.15) is 0 Å². The molecule has 0 rings (SSSR count). The maximum absolute atomic E-state index is 3.33. The van der Waals surface area contributed by atoms with Crippen LogP contribution in [0.5, 0.6) is 0 Å². The predicted octanol–water partition coefficient (Wildman–Crippen LogP) is 8.57. The minimum atomic E-state index is 0. The summed E-state index contributed by atoms with van der Waals surface area (Å²) in [6.07, 6.45) is 21.2. The molecule has 0 aromatic heterocycles. The van der Waals surface area contributed by atoms with Crippen molar-refractivity contribution in [1.29, 1.82) is 0 Å². The molecule has 0 spiro atoms. The summed E-state index contributed by atoms with van der Waals surface area (Å²) in [4.78, 5) is 0. The van der Waals surface area contributed by atoms with Gasteiger partial charge in [0.1, 0.15) is 0 Å². The van der Waals surface area contributed by atoms with Gasteiger partial charge in [0.25, 0.3) is 0 Å². The summed E-state index contributed by atoms with van der Waals surface area (Å²) in [5.74, 6) is 0.873. The van der Waals surface area contributed by atoms with E-state index < -0.39 is 0 Å². The Bertz CT molecular complexity index is 218. The third-order valence-corrected chi connectivity index (χ3v) is 6.61. The minimum Gasteiger partial charge on any atom is -0.147 e. The standard InChI is InChI=1S/C21H45P.ClH/c1-5-8-11-14-17-20(4)21(22,18-15-12-9-6-2)19-16-13-10-7-3;/h20H,5-19,22H2,1-4H3;1H. The van der Waals surface area contributed by atoms with Crippen molar-refractivity contribution >= 4 is 21.6 Å². The Morgan fingerprint density at radius 2 is 1.04 bits per heavy atom. The molecule has 0 aliphatic rings. The van der Waals surface area contributed by atoms with Gasteiger partial charge >= 0.3 is 0 Å². The molecule has 2 atom stereocenters. The van der Waals surface area contributed by atoms with Crippen molar-refractivity contribution < 1.29 is 0 Å². The molecule has 0 N–H and O–H groups in total. The fourth-order valence-electron chi connectivity index (χ4n) is 3.54. The Balaban J connectivity index is 0. The molecule has 0 saturated heterocycles. The van der Waals surface area contributed by atoms with Gasteiger partial charge in [-0.3, -0.25) is 0 Å². The van der Waals surface area contributed by atoms with Crippen LogP contribution in [-0.2, 0) is 0 Å². The van der Waals surface area contributed by atoms with E-state index in [1.165, 1.54) is 96.3 Å². The molecule has 23 heavy (non-hydrogen) atoms. The Labute approximate surface area is 157 Å². The van der Waals surface area contributed by atoms with Crippen molar-refractivity contribution in [3.05, 3.63) is 0 Å². The molecule has 0 aromatic carbocycles. The number of unbranched alkanes of at least 4 members (excludes halogenated alkanes) is 9. The summed E-state index contributed by atoms with van der Waals surface area (Å²) in [6.45, 7) is 9.47. The van der Waals surface area contributed by atoms with Gasteiger partial charge in [-0.15, -0.1) is 21.6 Å². The number of hydrogen-bond acceptors (Lipinski definition) is 0. The van der Waals surface area contributed by atoms with Crippen molar-refractivity contribution in [3.8, 4) is 0 Å². The molecule has 0 radical (unpaired) electrons. The summed E-state index contributed by atoms with van der Waals surface area (Å²) in [6, 6.07) is 0. The van der Waals surface area contributed by atoms with Crippen LogP contribution in [0, 0.1) is 5.92 Å². The summed E-state index contributed by atoms with van der Waals surface area (Å²) >= 11 is 0. The Morgan fingerprint density at radius 3 is 1.43 bits per heavy atom. The summed E-state index contributed by atoms with van der Waals surface area (Å²) in [7, 11) is 3.33. The lowest BCUT2D eigenvalue weighted by molar-refractivity contribution is 0.312. The van der Waals surface area contributed by atoms with Crippen LogP contribution < -0.4 is 0 Å². The first-order valence-corrected chi connectivity index (χ1v) is 11.0. The van der Waals surface area contributed by atoms with E-state index in [2.05, 4.69) is 36.9 Å². The molecule has 0 heterocycles. The third kappa shape index (κ3) is 13.7. The number of halogens is 1. The highest BCUT2D eigenvalue weighted by molar-refractivity contribution is 7.19. The Morgan fingerprint density at radius 1 is 0.652 bits per heavy atom. The third-order valence-electron chi connectivity index (χ3n) is 5.46. The van der Waals surface area contributed by atoms with E-state index in [0.29, 0.717) is 5.16 Å². The van der Waals surface area contributed by atoms with Crippen LogP contribution in [0.1, 0.15) is 124 Å². The molecule has 0 nitrogen and oxygen atoms in total. The average molecular weight is 365 g/mol. The van der Waals surface area contributed by atoms with Crippen molar-refractivity contribution in [2.45, 2.75) is 129 Å². The molecule has 0 bridgehead atoms. The first-order chi connectivity index (χ1) is 10.6. The van der Waals surface area contributed by atoms with Gasteiger partial charge in [0, 0.05) is 0 Å². The molecule has 0 fully saturated rings. The largest absolute Gasteiger partial charge is 0.147 e. The first kappa shape index (κ1) is 26.0. The predicted molar refractivity (Wildman–Crippen MR) is 115 cm³/mol. The van der Waals surface area contributed by atoms with Gasteiger partial charge in [-0.05, 0) is 30.3 Å². The monoisotopic (exact) mass is 364 g/mol. The van der Waals surface area contributed by atoms with E-state index in [4.69, 9.17) is 0 Å². The smallest absolute Gasteiger partial charge is 0.0125 e. The molecular formula is C21H46ClP. The highest BCUT2D eigenvalue weighted by Crippen LogP contribution is 2.41. The van der Waals surface area contributed by atoms with Gasteiger partial charge in [0.2, 0.25) is 0 Å². The van der Waals surface area contributed by atoms with Crippen LogP contribution in [0.4, 0.5) is 0 Å². The van der Waals surface area contributed by atoms with Crippen LogP contribution in [0.2, 0.25) is 0 Å². The SMILES string of the molecule is CCCCCCC(C)C(P)(CCCCCC)CCCCCC.Cl. The topological polar surface area (TPSA) is 0 Å². The zero-order valence-corrected chi connectivity index (χ0v) is 18.6. The molecule has 142 valence electrons. The molecular weight excluding hydrogens is 319 g/mol. The van der Waals surface area contributed by atoms with Gasteiger partial charge < -0.3 is 0 Å².